The minimum Gasteiger partial charge on any atom is -0.354 e. The lowest BCUT2D eigenvalue weighted by molar-refractivity contribution is -0.149. The Bertz CT molecular complexity index is 1320. The zero-order chi connectivity index (χ0) is 32.3. The summed E-state index contributed by atoms with van der Waals surface area (Å²) in [7, 11) is 5.35. The van der Waals surface area contributed by atoms with Gasteiger partial charge in [0.1, 0.15) is 6.23 Å². The van der Waals surface area contributed by atoms with Crippen molar-refractivity contribution in [1.82, 2.24) is 19.8 Å². The largest absolute Gasteiger partial charge is 0.354 e. The molecule has 3 unspecified atom stereocenters. The van der Waals surface area contributed by atoms with Crippen LogP contribution >= 0.6 is 17.9 Å². The number of likely N-dealkylation sites (N-methyl/N-ethyl adjacent to an activating group) is 1. The molecule has 9 heteroatoms. The van der Waals surface area contributed by atoms with Crippen LogP contribution in [0.25, 0.3) is 0 Å². The van der Waals surface area contributed by atoms with Gasteiger partial charge < -0.3 is 15.0 Å². The van der Waals surface area contributed by atoms with Crippen LogP contribution in [-0.4, -0.2) is 73.6 Å². The molecule has 0 aromatic heterocycles. The second-order valence-electron chi connectivity index (χ2n) is 11.1. The van der Waals surface area contributed by atoms with E-state index >= 15 is 0 Å². The fourth-order valence-electron chi connectivity index (χ4n) is 5.28. The van der Waals surface area contributed by atoms with Crippen LogP contribution in [0.2, 0.25) is 0 Å². The molecule has 1 aliphatic rings. The Hall–Kier alpha value is -3.19. The van der Waals surface area contributed by atoms with E-state index in [1.54, 1.807) is 21.0 Å². The predicted molar refractivity (Wildman–Crippen MR) is 183 cm³/mol. The number of hydrogen-bond acceptors (Lipinski definition) is 5. The third-order valence-corrected chi connectivity index (χ3v) is 10.1. The van der Waals surface area contributed by atoms with Gasteiger partial charge in [-0.25, -0.2) is 4.67 Å². The zero-order valence-corrected chi connectivity index (χ0v) is 28.3. The fraction of sp³-hybridized carbons (Fsp3) is 0.343. The van der Waals surface area contributed by atoms with Gasteiger partial charge in [-0.2, -0.15) is 0 Å². The van der Waals surface area contributed by atoms with Gasteiger partial charge in [-0.05, 0) is 61.6 Å². The van der Waals surface area contributed by atoms with Crippen molar-refractivity contribution in [3.05, 3.63) is 132 Å². The molecule has 1 heterocycles. The molecular formula is C35H46ClN4O3P. The molecule has 0 saturated carbocycles. The highest BCUT2D eigenvalue weighted by Gasteiger charge is 2.46. The number of nitrogens with zero attached hydrogens (tertiary/aromatic N) is 3. The first-order chi connectivity index (χ1) is 20.9. The number of morpholine rings is 1. The van der Waals surface area contributed by atoms with Crippen LogP contribution < -0.4 is 5.32 Å². The lowest BCUT2D eigenvalue weighted by Gasteiger charge is -2.51. The van der Waals surface area contributed by atoms with E-state index in [1.807, 2.05) is 18.1 Å². The molecule has 1 N–H and O–H groups in total. The number of amides is 1. The molecule has 0 spiro atoms. The molecule has 1 fully saturated rings. The van der Waals surface area contributed by atoms with Gasteiger partial charge in [-0.15, -0.1) is 0 Å². The summed E-state index contributed by atoms with van der Waals surface area (Å²) in [5, 5.41) is 2.65. The van der Waals surface area contributed by atoms with Crippen molar-refractivity contribution in [3.63, 3.8) is 0 Å². The van der Waals surface area contributed by atoms with Gasteiger partial charge in [0, 0.05) is 38.6 Å². The first-order valence-corrected chi connectivity index (χ1v) is 17.8. The third-order valence-electron chi connectivity index (χ3n) is 7.81. The molecule has 1 amide bonds. The average molecular weight is 637 g/mol. The van der Waals surface area contributed by atoms with Crippen molar-refractivity contribution in [3.8, 4) is 0 Å². The van der Waals surface area contributed by atoms with Gasteiger partial charge in [-0.3, -0.25) is 14.3 Å². The van der Waals surface area contributed by atoms with Gasteiger partial charge in [0.2, 0.25) is 6.65 Å². The minimum absolute atomic E-state index is 0.0346. The van der Waals surface area contributed by atoms with Gasteiger partial charge >= 0.3 is 0 Å². The maximum absolute atomic E-state index is 12.3. The molecule has 3 atom stereocenters. The van der Waals surface area contributed by atoms with Crippen LogP contribution in [-0.2, 0) is 19.6 Å². The molecule has 44 heavy (non-hydrogen) atoms. The second kappa shape index (κ2) is 16.2. The molecule has 1 aliphatic heterocycles. The molecule has 0 aliphatic carbocycles. The number of benzene rings is 3. The van der Waals surface area contributed by atoms with Crippen molar-refractivity contribution in [2.24, 2.45) is 0 Å². The number of carbonyl (C=O) groups excluding carboxylic acids is 1. The van der Waals surface area contributed by atoms with Crippen LogP contribution in [0.4, 0.5) is 0 Å². The number of halogens is 1. The maximum atomic E-state index is 12.3. The van der Waals surface area contributed by atoms with Crippen molar-refractivity contribution in [2.75, 3.05) is 40.9 Å². The highest BCUT2D eigenvalue weighted by Crippen LogP contribution is 2.48. The molecule has 0 radical (unpaired) electrons. The smallest absolute Gasteiger partial charge is 0.252 e. The summed E-state index contributed by atoms with van der Waals surface area (Å²) in [5.74, 6) is -0.172. The highest BCUT2D eigenvalue weighted by atomic mass is 35.7. The molecule has 0 bridgehead atoms. The maximum Gasteiger partial charge on any atom is 0.252 e. The number of ether oxygens (including phenoxy) is 1. The van der Waals surface area contributed by atoms with Crippen LogP contribution in [0.5, 0.6) is 0 Å². The molecule has 7 nitrogen and oxygen atoms in total. The van der Waals surface area contributed by atoms with Gasteiger partial charge in [0.05, 0.1) is 11.6 Å². The lowest BCUT2D eigenvalue weighted by atomic mass is 9.75. The van der Waals surface area contributed by atoms with Crippen LogP contribution in [0.3, 0.4) is 0 Å². The molecule has 3 aromatic rings. The van der Waals surface area contributed by atoms with Crippen LogP contribution in [0.15, 0.2) is 116 Å². The van der Waals surface area contributed by atoms with E-state index in [9.17, 15) is 9.36 Å². The molecule has 3 aromatic carbocycles. The SMILES string of the molecule is C=CNC(=O)/C(C)=C\N(C)C1CN(C(c2ccccc2)(c2ccccc2)c2ccccc2)CC(CC)O1.CN(C)P(C)(=O)Cl. The molecule has 4 rings (SSSR count). The second-order valence-corrected chi connectivity index (χ2v) is 15.4. The van der Waals surface area contributed by atoms with Crippen molar-refractivity contribution < 1.29 is 14.1 Å². The van der Waals surface area contributed by atoms with Gasteiger partial charge in [0.15, 0.2) is 0 Å². The minimum atomic E-state index is -2.43. The summed E-state index contributed by atoms with van der Waals surface area (Å²) in [6.45, 7) is 8.06. The average Bonchev–Trinajstić information content (AvgIpc) is 3.03. The Morgan fingerprint density at radius 1 is 0.977 bits per heavy atom. The monoisotopic (exact) mass is 636 g/mol. The van der Waals surface area contributed by atoms with Crippen molar-refractivity contribution >= 4 is 23.8 Å². The number of nitrogens with one attached hydrogen (secondary N) is 1. The quantitative estimate of drug-likeness (QED) is 0.145. The molecule has 236 valence electrons. The van der Waals surface area contributed by atoms with E-state index in [2.05, 4.69) is 115 Å². The van der Waals surface area contributed by atoms with Gasteiger partial charge in [-0.1, -0.05) is 104 Å². The summed E-state index contributed by atoms with van der Waals surface area (Å²) in [6, 6.07) is 32.2. The summed E-state index contributed by atoms with van der Waals surface area (Å²) in [5.41, 5.74) is 3.71. The Labute approximate surface area is 268 Å². The number of rotatable bonds is 10. The van der Waals surface area contributed by atoms with Crippen molar-refractivity contribution in [1.29, 1.82) is 0 Å². The topological polar surface area (TPSA) is 65.1 Å². The number of hydrogen-bond donors (Lipinski definition) is 1. The summed E-state index contributed by atoms with van der Waals surface area (Å²) in [6.07, 6.45) is 3.94. The molecule has 1 saturated heterocycles. The Kier molecular flexibility index (Phi) is 13.0. The van der Waals surface area contributed by atoms with E-state index in [1.165, 1.54) is 34.2 Å². The van der Waals surface area contributed by atoms with E-state index in [0.29, 0.717) is 12.1 Å². The standard InChI is InChI=1S/C32H37N3O2.C3H9ClNOP/c1-5-29-23-35(24-30(37-29)34(4)22-25(3)31(36)33-6-2)32(26-16-10-7-11-17-26,27-18-12-8-13-19-27)28-20-14-9-15-21-28;1-5(2)7(3,4)6/h6-22,29-30H,2,5,23-24H2,1,3-4H3,(H,33,36);1-3H3/b25-22-;. The van der Waals surface area contributed by atoms with Crippen molar-refractivity contribution in [2.45, 2.75) is 38.1 Å². The van der Waals surface area contributed by atoms with E-state index < -0.39 is 12.2 Å². The zero-order valence-electron chi connectivity index (χ0n) is 26.7. The Morgan fingerprint density at radius 3 is 1.77 bits per heavy atom. The normalized spacial score (nSPS) is 18.9. The van der Waals surface area contributed by atoms with E-state index in [4.69, 9.17) is 16.0 Å². The van der Waals surface area contributed by atoms with E-state index in [0.717, 1.165) is 13.0 Å². The highest BCUT2D eigenvalue weighted by molar-refractivity contribution is 7.86. The Morgan fingerprint density at radius 2 is 1.41 bits per heavy atom. The Balaban J connectivity index is 0.000000676. The fourth-order valence-corrected chi connectivity index (χ4v) is 5.28. The summed E-state index contributed by atoms with van der Waals surface area (Å²) < 4.78 is 18.7. The van der Waals surface area contributed by atoms with Gasteiger partial charge in [0.25, 0.3) is 5.91 Å². The summed E-state index contributed by atoms with van der Waals surface area (Å²) in [4.78, 5) is 16.9. The van der Waals surface area contributed by atoms with E-state index in [-0.39, 0.29) is 18.2 Å². The summed E-state index contributed by atoms with van der Waals surface area (Å²) >= 11 is 5.35. The predicted octanol–water partition coefficient (Wildman–Crippen LogP) is 7.12. The lowest BCUT2D eigenvalue weighted by Crippen LogP contribution is -2.60. The molecular weight excluding hydrogens is 591 g/mol. The first kappa shape index (κ1) is 35.3. The third kappa shape index (κ3) is 8.71. The van der Waals surface area contributed by atoms with Crippen LogP contribution in [0, 0.1) is 0 Å². The first-order valence-electron chi connectivity index (χ1n) is 14.8. The van der Waals surface area contributed by atoms with Crippen LogP contribution in [0.1, 0.15) is 37.0 Å². The number of carbonyl (C=O) groups is 1.